The van der Waals surface area contributed by atoms with Crippen LogP contribution in [0.3, 0.4) is 0 Å². The molecule has 0 spiro atoms. The van der Waals surface area contributed by atoms with Crippen LogP contribution >= 0.6 is 0 Å². The van der Waals surface area contributed by atoms with Crippen LogP contribution in [0.2, 0.25) is 0 Å². The third-order valence-corrected chi connectivity index (χ3v) is 4.27. The number of carbonyl (C=O) groups excluding carboxylic acids is 2. The highest BCUT2D eigenvalue weighted by Gasteiger charge is 2.39. The van der Waals surface area contributed by atoms with Crippen molar-refractivity contribution < 1.29 is 19.8 Å². The summed E-state index contributed by atoms with van der Waals surface area (Å²) in [6.07, 6.45) is 5.27. The van der Waals surface area contributed by atoms with Gasteiger partial charge in [-0.2, -0.15) is 0 Å². The van der Waals surface area contributed by atoms with Crippen molar-refractivity contribution in [1.29, 1.82) is 0 Å². The lowest BCUT2D eigenvalue weighted by Gasteiger charge is -2.44. The molecule has 4 unspecified atom stereocenters. The molecule has 90 valence electrons. The summed E-state index contributed by atoms with van der Waals surface area (Å²) in [5, 5.41) is 21.9. The number of hydrogen-bond donors (Lipinski definition) is 0. The van der Waals surface area contributed by atoms with Gasteiger partial charge in [-0.15, -0.1) is 0 Å². The lowest BCUT2D eigenvalue weighted by Crippen LogP contribution is -2.49. The molecule has 0 amide bonds. The van der Waals surface area contributed by atoms with Crippen molar-refractivity contribution in [3.8, 4) is 0 Å². The van der Waals surface area contributed by atoms with Crippen molar-refractivity contribution in [2.24, 2.45) is 23.7 Å². The number of fused-ring (bicyclic) bond motifs is 1. The number of carboxylic acid groups (broad SMARTS) is 2. The molecule has 16 heavy (non-hydrogen) atoms. The van der Waals surface area contributed by atoms with Gasteiger partial charge in [-0.3, -0.25) is 0 Å². The van der Waals surface area contributed by atoms with E-state index in [-0.39, 0.29) is 0 Å². The maximum Gasteiger partial charge on any atom is 0.0451 e. The van der Waals surface area contributed by atoms with Crippen molar-refractivity contribution in [2.75, 3.05) is 0 Å². The molecule has 0 N–H and O–H groups in total. The van der Waals surface area contributed by atoms with Gasteiger partial charge < -0.3 is 19.8 Å². The fraction of sp³-hybridized carbons (Fsp3) is 0.833. The maximum atomic E-state index is 10.9. The number of hydrogen-bond acceptors (Lipinski definition) is 4. The molecule has 0 bridgehead atoms. The Kier molecular flexibility index (Phi) is 3.17. The molecule has 2 saturated carbocycles. The van der Waals surface area contributed by atoms with E-state index in [1.165, 1.54) is 0 Å². The van der Waals surface area contributed by atoms with Crippen LogP contribution in [-0.2, 0) is 9.59 Å². The number of carbonyl (C=O) groups is 2. The summed E-state index contributed by atoms with van der Waals surface area (Å²) < 4.78 is 0. The summed E-state index contributed by atoms with van der Waals surface area (Å²) >= 11 is 0. The zero-order chi connectivity index (χ0) is 11.7. The summed E-state index contributed by atoms with van der Waals surface area (Å²) in [6, 6.07) is 0. The molecule has 0 radical (unpaired) electrons. The Morgan fingerprint density at radius 3 is 1.50 bits per heavy atom. The summed E-state index contributed by atoms with van der Waals surface area (Å²) in [4.78, 5) is 21.9. The van der Waals surface area contributed by atoms with E-state index in [9.17, 15) is 19.8 Å². The number of rotatable bonds is 2. The Balaban J connectivity index is 2.13. The lowest BCUT2D eigenvalue weighted by molar-refractivity contribution is -0.329. The molecule has 0 heterocycles. The summed E-state index contributed by atoms with van der Waals surface area (Å²) in [6.45, 7) is 0. The highest BCUT2D eigenvalue weighted by Crippen LogP contribution is 2.45. The van der Waals surface area contributed by atoms with Crippen LogP contribution in [0.25, 0.3) is 0 Å². The van der Waals surface area contributed by atoms with Crippen LogP contribution in [-0.4, -0.2) is 11.9 Å². The maximum absolute atomic E-state index is 10.9. The van der Waals surface area contributed by atoms with Crippen LogP contribution < -0.4 is 10.2 Å². The molecule has 2 aliphatic carbocycles. The van der Waals surface area contributed by atoms with Gasteiger partial charge in [0.05, 0.1) is 0 Å². The Bertz CT molecular complexity index is 269. The smallest absolute Gasteiger partial charge is 0.0451 e. The van der Waals surface area contributed by atoms with Crippen LogP contribution in [0.4, 0.5) is 0 Å². The zero-order valence-electron chi connectivity index (χ0n) is 9.19. The van der Waals surface area contributed by atoms with Gasteiger partial charge in [-0.1, -0.05) is 25.7 Å². The molecule has 2 fully saturated rings. The van der Waals surface area contributed by atoms with Crippen molar-refractivity contribution in [3.05, 3.63) is 0 Å². The Morgan fingerprint density at radius 2 is 1.19 bits per heavy atom. The standard InChI is InChI=1S/C12H18O4/c13-11(14)9-5-7-3-1-2-4-8(7)6-10(9)12(15)16/h7-10H,1-6H2,(H,13,14)(H,15,16)/p-2. The number of aliphatic carboxylic acids is 2. The molecule has 4 nitrogen and oxygen atoms in total. The highest BCUT2D eigenvalue weighted by molar-refractivity contribution is 5.78. The molecular formula is C12H16O4-2. The number of carboxylic acids is 2. The van der Waals surface area contributed by atoms with Gasteiger partial charge in [0.2, 0.25) is 0 Å². The SMILES string of the molecule is O=C([O-])C1CC2CCCCC2CC1C(=O)[O-]. The monoisotopic (exact) mass is 224 g/mol. The van der Waals surface area contributed by atoms with Gasteiger partial charge in [0.15, 0.2) is 0 Å². The molecule has 4 atom stereocenters. The van der Waals surface area contributed by atoms with E-state index in [0.717, 1.165) is 25.7 Å². The average Bonchev–Trinajstić information content (AvgIpc) is 2.27. The highest BCUT2D eigenvalue weighted by atomic mass is 16.4. The minimum Gasteiger partial charge on any atom is -0.550 e. The van der Waals surface area contributed by atoms with Gasteiger partial charge in [0.25, 0.3) is 0 Å². The minimum absolute atomic E-state index is 0.382. The van der Waals surface area contributed by atoms with Gasteiger partial charge in [-0.05, 0) is 24.7 Å². The van der Waals surface area contributed by atoms with Gasteiger partial charge in [0.1, 0.15) is 0 Å². The van der Waals surface area contributed by atoms with Gasteiger partial charge in [0, 0.05) is 23.8 Å². The molecule has 0 aliphatic heterocycles. The second-order valence-electron chi connectivity index (χ2n) is 5.13. The molecule has 0 aromatic rings. The minimum atomic E-state index is -1.22. The van der Waals surface area contributed by atoms with Crippen LogP contribution in [0.15, 0.2) is 0 Å². The first-order valence-corrected chi connectivity index (χ1v) is 6.01. The molecule has 2 rings (SSSR count). The topological polar surface area (TPSA) is 80.3 Å². The van der Waals surface area contributed by atoms with Gasteiger partial charge in [-0.25, -0.2) is 0 Å². The summed E-state index contributed by atoms with van der Waals surface area (Å²) in [7, 11) is 0. The second-order valence-corrected chi connectivity index (χ2v) is 5.13. The Morgan fingerprint density at radius 1 is 0.812 bits per heavy atom. The van der Waals surface area contributed by atoms with Crippen molar-refractivity contribution in [1.82, 2.24) is 0 Å². The molecule has 0 saturated heterocycles. The molecule has 4 heteroatoms. The second kappa shape index (κ2) is 4.44. The third-order valence-electron chi connectivity index (χ3n) is 4.27. The quantitative estimate of drug-likeness (QED) is 0.622. The van der Waals surface area contributed by atoms with Crippen LogP contribution in [0.1, 0.15) is 38.5 Å². The Labute approximate surface area is 94.7 Å². The molecule has 0 aromatic heterocycles. The predicted octanol–water partition coefficient (Wildman–Crippen LogP) is -0.681. The van der Waals surface area contributed by atoms with Crippen LogP contribution in [0, 0.1) is 23.7 Å². The predicted molar refractivity (Wildman–Crippen MR) is 51.7 cm³/mol. The fourth-order valence-electron chi connectivity index (χ4n) is 3.41. The van der Waals surface area contributed by atoms with E-state index in [2.05, 4.69) is 0 Å². The zero-order valence-corrected chi connectivity index (χ0v) is 9.19. The molecule has 0 aromatic carbocycles. The van der Waals surface area contributed by atoms with Crippen molar-refractivity contribution in [3.63, 3.8) is 0 Å². The molecular weight excluding hydrogens is 208 g/mol. The van der Waals surface area contributed by atoms with Crippen molar-refractivity contribution in [2.45, 2.75) is 38.5 Å². The normalized spacial score (nSPS) is 38.8. The van der Waals surface area contributed by atoms with E-state index in [1.54, 1.807) is 0 Å². The summed E-state index contributed by atoms with van der Waals surface area (Å²) in [5.41, 5.74) is 0. The van der Waals surface area contributed by atoms with E-state index >= 15 is 0 Å². The first-order valence-electron chi connectivity index (χ1n) is 6.01. The van der Waals surface area contributed by atoms with Crippen LogP contribution in [0.5, 0.6) is 0 Å². The Hall–Kier alpha value is -1.06. The third kappa shape index (κ3) is 2.06. The molecule has 2 aliphatic rings. The average molecular weight is 224 g/mol. The largest absolute Gasteiger partial charge is 0.550 e. The first kappa shape index (κ1) is 11.4. The summed E-state index contributed by atoms with van der Waals surface area (Å²) in [5.74, 6) is -3.37. The lowest BCUT2D eigenvalue weighted by atomic mass is 9.63. The van der Waals surface area contributed by atoms with E-state index in [1.807, 2.05) is 0 Å². The van der Waals surface area contributed by atoms with E-state index in [4.69, 9.17) is 0 Å². The van der Waals surface area contributed by atoms with Gasteiger partial charge >= 0.3 is 0 Å². The van der Waals surface area contributed by atoms with Crippen molar-refractivity contribution >= 4 is 11.9 Å². The fourth-order valence-corrected chi connectivity index (χ4v) is 3.41. The van der Waals surface area contributed by atoms with E-state index < -0.39 is 23.8 Å². The van der Waals surface area contributed by atoms with E-state index in [0.29, 0.717) is 24.7 Å². The first-order chi connectivity index (χ1) is 7.59.